The van der Waals surface area contributed by atoms with Gasteiger partial charge in [-0.1, -0.05) is 24.1 Å². The van der Waals surface area contributed by atoms with Gasteiger partial charge in [0.1, 0.15) is 0 Å². The third kappa shape index (κ3) is 4.04. The van der Waals surface area contributed by atoms with Gasteiger partial charge in [-0.2, -0.15) is 0 Å². The standard InChI is InChI=1S/C21H29N3O4/c1-13-7-14(2)19(15(3)8-13)23-17(25)9-22-18(26)11-24-10-16-5-4-6-21(16,12-24)20(27)28/h7-8,16H,4-6,9-12H2,1-3H3,(H,22,26)(H,23,25)(H,27,28)/t16-,21+/m0/s1. The lowest BCUT2D eigenvalue weighted by Gasteiger charge is -2.23. The lowest BCUT2D eigenvalue weighted by atomic mass is 9.81. The summed E-state index contributed by atoms with van der Waals surface area (Å²) in [6.45, 7) is 6.96. The molecular formula is C21H29N3O4. The number of carbonyl (C=O) groups excluding carboxylic acids is 2. The van der Waals surface area contributed by atoms with Gasteiger partial charge in [0.25, 0.3) is 0 Å². The van der Waals surface area contributed by atoms with Crippen LogP contribution in [0.25, 0.3) is 0 Å². The molecule has 2 amide bonds. The Balaban J connectivity index is 1.49. The van der Waals surface area contributed by atoms with E-state index in [9.17, 15) is 19.5 Å². The molecule has 28 heavy (non-hydrogen) atoms. The van der Waals surface area contributed by atoms with Gasteiger partial charge in [0.15, 0.2) is 0 Å². The summed E-state index contributed by atoms with van der Waals surface area (Å²) in [4.78, 5) is 38.1. The molecule has 0 unspecified atom stereocenters. The molecule has 0 spiro atoms. The van der Waals surface area contributed by atoms with Gasteiger partial charge in [0.2, 0.25) is 11.8 Å². The topological polar surface area (TPSA) is 98.7 Å². The molecule has 1 aromatic carbocycles. The zero-order chi connectivity index (χ0) is 20.5. The predicted molar refractivity (Wildman–Crippen MR) is 106 cm³/mol. The molecule has 152 valence electrons. The number of carboxylic acid groups (broad SMARTS) is 1. The summed E-state index contributed by atoms with van der Waals surface area (Å²) in [5, 5.41) is 15.1. The molecule has 1 heterocycles. The number of amides is 2. The first kappa shape index (κ1) is 20.3. The van der Waals surface area contributed by atoms with Crippen molar-refractivity contribution in [2.24, 2.45) is 11.3 Å². The van der Waals surface area contributed by atoms with Crippen LogP contribution < -0.4 is 10.6 Å². The van der Waals surface area contributed by atoms with Gasteiger partial charge in [0.05, 0.1) is 18.5 Å². The number of carbonyl (C=O) groups is 3. The fraction of sp³-hybridized carbons (Fsp3) is 0.571. The number of hydrogen-bond acceptors (Lipinski definition) is 4. The Hall–Kier alpha value is -2.41. The van der Waals surface area contributed by atoms with Gasteiger partial charge < -0.3 is 15.7 Å². The SMILES string of the molecule is Cc1cc(C)c(NC(=O)CNC(=O)CN2C[C@@H]3CCC[C@@]3(C(=O)O)C2)c(C)c1. The third-order valence-corrected chi connectivity index (χ3v) is 6.12. The summed E-state index contributed by atoms with van der Waals surface area (Å²) in [6, 6.07) is 4.01. The van der Waals surface area contributed by atoms with Gasteiger partial charge in [-0.15, -0.1) is 0 Å². The molecule has 0 radical (unpaired) electrons. The van der Waals surface area contributed by atoms with E-state index in [0.29, 0.717) is 19.5 Å². The summed E-state index contributed by atoms with van der Waals surface area (Å²) in [5.41, 5.74) is 3.19. The minimum atomic E-state index is -0.749. The van der Waals surface area contributed by atoms with Gasteiger partial charge in [-0.05, 0) is 50.7 Å². The molecule has 3 N–H and O–H groups in total. The predicted octanol–water partition coefficient (Wildman–Crippen LogP) is 1.85. The van der Waals surface area contributed by atoms with Crippen molar-refractivity contribution in [3.63, 3.8) is 0 Å². The first-order chi connectivity index (χ1) is 13.2. The first-order valence-corrected chi connectivity index (χ1v) is 9.81. The largest absolute Gasteiger partial charge is 0.481 e. The van der Waals surface area contributed by atoms with Crippen LogP contribution in [0.2, 0.25) is 0 Å². The van der Waals surface area contributed by atoms with Gasteiger partial charge in [0, 0.05) is 18.8 Å². The summed E-state index contributed by atoms with van der Waals surface area (Å²) in [6.07, 6.45) is 2.53. The van der Waals surface area contributed by atoms with Gasteiger partial charge in [-0.25, -0.2) is 0 Å². The molecule has 2 atom stereocenters. The quantitative estimate of drug-likeness (QED) is 0.692. The van der Waals surface area contributed by atoms with Crippen LogP contribution >= 0.6 is 0 Å². The van der Waals surface area contributed by atoms with Gasteiger partial charge in [-0.3, -0.25) is 19.3 Å². The number of fused-ring (bicyclic) bond motifs is 1. The van der Waals surface area contributed by atoms with Crippen LogP contribution in [-0.4, -0.2) is 54.0 Å². The Morgan fingerprint density at radius 1 is 1.18 bits per heavy atom. The maximum Gasteiger partial charge on any atom is 0.311 e. The molecule has 1 aromatic rings. The number of aryl methyl sites for hydroxylation is 3. The highest BCUT2D eigenvalue weighted by atomic mass is 16.4. The number of hydrogen-bond donors (Lipinski definition) is 3. The first-order valence-electron chi connectivity index (χ1n) is 9.81. The highest BCUT2D eigenvalue weighted by Gasteiger charge is 2.54. The van der Waals surface area contributed by atoms with Crippen molar-refractivity contribution in [2.75, 3.05) is 31.5 Å². The minimum Gasteiger partial charge on any atom is -0.481 e. The Kier molecular flexibility index (Phi) is 5.74. The van der Waals surface area contributed by atoms with E-state index in [4.69, 9.17) is 0 Å². The number of anilines is 1. The van der Waals surface area contributed by atoms with E-state index in [-0.39, 0.29) is 30.8 Å². The van der Waals surface area contributed by atoms with E-state index >= 15 is 0 Å². The van der Waals surface area contributed by atoms with Crippen LogP contribution in [0.5, 0.6) is 0 Å². The van der Waals surface area contributed by atoms with Crippen LogP contribution in [0.4, 0.5) is 5.69 Å². The zero-order valence-corrected chi connectivity index (χ0v) is 16.8. The van der Waals surface area contributed by atoms with Crippen LogP contribution in [0, 0.1) is 32.1 Å². The number of carboxylic acids is 1. The highest BCUT2D eigenvalue weighted by molar-refractivity contribution is 5.96. The van der Waals surface area contributed by atoms with E-state index in [0.717, 1.165) is 35.2 Å². The second-order valence-electron chi connectivity index (χ2n) is 8.32. The highest BCUT2D eigenvalue weighted by Crippen LogP contribution is 2.48. The lowest BCUT2D eigenvalue weighted by molar-refractivity contribution is -0.149. The Bertz CT molecular complexity index is 784. The van der Waals surface area contributed by atoms with Gasteiger partial charge >= 0.3 is 5.97 Å². The normalized spacial score (nSPS) is 24.0. The van der Waals surface area contributed by atoms with E-state index < -0.39 is 11.4 Å². The summed E-state index contributed by atoms with van der Waals surface area (Å²) >= 11 is 0. The average Bonchev–Trinajstić information content (AvgIpc) is 3.14. The summed E-state index contributed by atoms with van der Waals surface area (Å²) in [5.74, 6) is -1.16. The van der Waals surface area contributed by atoms with Crippen molar-refractivity contribution in [3.05, 3.63) is 28.8 Å². The molecule has 1 aliphatic carbocycles. The smallest absolute Gasteiger partial charge is 0.311 e. The second kappa shape index (κ2) is 7.91. The Morgan fingerprint density at radius 2 is 1.86 bits per heavy atom. The summed E-state index contributed by atoms with van der Waals surface area (Å²) in [7, 11) is 0. The molecule has 7 nitrogen and oxygen atoms in total. The lowest BCUT2D eigenvalue weighted by Crippen LogP contribution is -2.41. The molecule has 2 aliphatic rings. The van der Waals surface area contributed by atoms with E-state index in [2.05, 4.69) is 10.6 Å². The number of rotatable bonds is 6. The Labute approximate surface area is 165 Å². The minimum absolute atomic E-state index is 0.104. The van der Waals surface area contributed by atoms with Crippen LogP contribution in [0.15, 0.2) is 12.1 Å². The fourth-order valence-electron chi connectivity index (χ4n) is 4.86. The molecule has 3 rings (SSSR count). The molecule has 1 aliphatic heterocycles. The van der Waals surface area contributed by atoms with Crippen molar-refractivity contribution in [1.29, 1.82) is 0 Å². The van der Waals surface area contributed by atoms with Crippen molar-refractivity contribution in [1.82, 2.24) is 10.2 Å². The van der Waals surface area contributed by atoms with E-state index in [1.165, 1.54) is 0 Å². The number of aliphatic carboxylic acids is 1. The second-order valence-corrected chi connectivity index (χ2v) is 8.32. The molecule has 2 fully saturated rings. The molecule has 7 heteroatoms. The molecule has 0 bridgehead atoms. The number of benzene rings is 1. The van der Waals surface area contributed by atoms with Crippen molar-refractivity contribution in [2.45, 2.75) is 40.0 Å². The molecule has 1 saturated heterocycles. The van der Waals surface area contributed by atoms with Crippen LogP contribution in [0.1, 0.15) is 36.0 Å². The van der Waals surface area contributed by atoms with E-state index in [1.807, 2.05) is 37.8 Å². The monoisotopic (exact) mass is 387 g/mol. The Morgan fingerprint density at radius 3 is 2.46 bits per heavy atom. The van der Waals surface area contributed by atoms with E-state index in [1.54, 1.807) is 0 Å². The zero-order valence-electron chi connectivity index (χ0n) is 16.8. The number of nitrogens with one attached hydrogen (secondary N) is 2. The van der Waals surface area contributed by atoms with Crippen LogP contribution in [0.3, 0.4) is 0 Å². The number of nitrogens with zero attached hydrogens (tertiary/aromatic N) is 1. The third-order valence-electron chi connectivity index (χ3n) is 6.12. The maximum absolute atomic E-state index is 12.2. The molecule has 0 aromatic heterocycles. The number of likely N-dealkylation sites (tertiary alicyclic amines) is 1. The summed E-state index contributed by atoms with van der Waals surface area (Å²) < 4.78 is 0. The average molecular weight is 387 g/mol. The van der Waals surface area contributed by atoms with Crippen molar-refractivity contribution in [3.8, 4) is 0 Å². The fourth-order valence-corrected chi connectivity index (χ4v) is 4.86. The van der Waals surface area contributed by atoms with Crippen molar-refractivity contribution < 1.29 is 19.5 Å². The van der Waals surface area contributed by atoms with Crippen LogP contribution in [-0.2, 0) is 14.4 Å². The van der Waals surface area contributed by atoms with Crippen molar-refractivity contribution >= 4 is 23.5 Å². The molecular weight excluding hydrogens is 358 g/mol. The molecule has 1 saturated carbocycles. The maximum atomic E-state index is 12.2.